The van der Waals surface area contributed by atoms with Gasteiger partial charge < -0.3 is 9.13 Å². The summed E-state index contributed by atoms with van der Waals surface area (Å²) in [6.45, 7) is 0. The van der Waals surface area contributed by atoms with E-state index in [1.807, 2.05) is 161 Å². The molecule has 0 saturated carbocycles. The van der Waals surface area contributed by atoms with Crippen molar-refractivity contribution < 1.29 is 8.22 Å². The monoisotopic (exact) mass is 642 g/mol. The number of hydrogen-bond donors (Lipinski definition) is 0. The van der Waals surface area contributed by atoms with Crippen molar-refractivity contribution in [1.29, 1.82) is 0 Å². The molecule has 10 aromatic rings. The lowest BCUT2D eigenvalue weighted by atomic mass is 9.99. The average molecular weight is 643 g/mol. The van der Waals surface area contributed by atoms with E-state index in [-0.39, 0.29) is 47.4 Å². The van der Waals surface area contributed by atoms with Crippen molar-refractivity contribution in [1.82, 2.24) is 9.13 Å². The van der Waals surface area contributed by atoms with Crippen molar-refractivity contribution in [2.45, 2.75) is 0 Å². The molecule has 0 amide bonds. The Labute approximate surface area is 299 Å². The predicted octanol–water partition coefficient (Wildman–Crippen LogP) is 12.9. The Kier molecular flexibility index (Phi) is 5.26. The van der Waals surface area contributed by atoms with Crippen molar-refractivity contribution in [3.63, 3.8) is 0 Å². The Morgan fingerprint density at radius 1 is 0.340 bits per heavy atom. The Morgan fingerprint density at radius 3 is 1.62 bits per heavy atom. The van der Waals surface area contributed by atoms with Crippen LogP contribution >= 0.6 is 0 Å². The van der Waals surface area contributed by atoms with Crippen LogP contribution in [-0.2, 0) is 0 Å². The minimum absolute atomic E-state index is 0.00744. The van der Waals surface area contributed by atoms with Crippen molar-refractivity contribution in [2.24, 2.45) is 0 Å². The molecule has 0 aliphatic carbocycles. The van der Waals surface area contributed by atoms with Crippen molar-refractivity contribution in [3.8, 4) is 44.8 Å². The molecule has 10 rings (SSSR count). The number of fused-ring (bicyclic) bond motifs is 6. The van der Waals surface area contributed by atoms with Crippen LogP contribution in [0.5, 0.6) is 0 Å². The second-order valence-corrected chi connectivity index (χ2v) is 12.5. The lowest BCUT2D eigenvalue weighted by molar-refractivity contribution is 1.18. The third-order valence-corrected chi connectivity index (χ3v) is 9.54. The van der Waals surface area contributed by atoms with Crippen LogP contribution < -0.4 is 0 Å². The number of nitrogens with zero attached hydrogens (tertiary/aromatic N) is 2. The zero-order valence-electron chi connectivity index (χ0n) is 32.9. The highest BCUT2D eigenvalue weighted by Gasteiger charge is 2.18. The maximum atomic E-state index is 9.88. The third kappa shape index (κ3) is 4.50. The second kappa shape index (κ2) is 11.5. The molecule has 0 unspecified atom stereocenters. The van der Waals surface area contributed by atoms with Crippen molar-refractivity contribution >= 4 is 43.6 Å². The molecule has 0 fully saturated rings. The topological polar surface area (TPSA) is 9.86 Å². The fourth-order valence-electron chi connectivity index (χ4n) is 7.28. The van der Waals surface area contributed by atoms with Crippen LogP contribution in [0.3, 0.4) is 0 Å². The van der Waals surface area contributed by atoms with Gasteiger partial charge >= 0.3 is 0 Å². The quantitative estimate of drug-likeness (QED) is 0.177. The van der Waals surface area contributed by atoms with E-state index in [1.165, 1.54) is 0 Å². The number of benzene rings is 8. The first-order valence-corrected chi connectivity index (χ1v) is 16.7. The molecule has 0 aliphatic rings. The molecule has 2 nitrogen and oxygen atoms in total. The maximum Gasteiger partial charge on any atom is 0.0645 e. The van der Waals surface area contributed by atoms with Gasteiger partial charge in [0.1, 0.15) is 0 Å². The Morgan fingerprint density at radius 2 is 0.880 bits per heavy atom. The number of aromatic nitrogens is 2. The van der Waals surface area contributed by atoms with Gasteiger partial charge in [-0.15, -0.1) is 0 Å². The molecule has 2 aromatic heterocycles. The van der Waals surface area contributed by atoms with E-state index in [4.69, 9.17) is 0 Å². The second-order valence-electron chi connectivity index (χ2n) is 12.5. The molecule has 50 heavy (non-hydrogen) atoms. The lowest BCUT2D eigenvalue weighted by Gasteiger charge is -2.12. The van der Waals surface area contributed by atoms with E-state index in [9.17, 15) is 8.22 Å². The summed E-state index contributed by atoms with van der Waals surface area (Å²) in [7, 11) is 0. The van der Waals surface area contributed by atoms with Gasteiger partial charge in [0.15, 0.2) is 0 Å². The summed E-state index contributed by atoms with van der Waals surface area (Å²) >= 11 is 0. The molecule has 0 radical (unpaired) electrons. The molecular formula is C48H32N2. The fraction of sp³-hybridized carbons (Fsp3) is 0. The first kappa shape index (κ1) is 22.8. The Balaban J connectivity index is 1.30. The fourth-order valence-corrected chi connectivity index (χ4v) is 7.28. The summed E-state index contributed by atoms with van der Waals surface area (Å²) in [5.74, 6) is 0. The van der Waals surface area contributed by atoms with E-state index in [2.05, 4.69) is 6.07 Å². The predicted molar refractivity (Wildman–Crippen MR) is 211 cm³/mol. The highest BCUT2D eigenvalue weighted by molar-refractivity contribution is 6.15. The zero-order chi connectivity index (χ0) is 38.2. The van der Waals surface area contributed by atoms with E-state index < -0.39 is 0 Å². The Bertz CT molecular complexity index is 3190. The molecule has 234 valence electrons. The Hall–Kier alpha value is -6.64. The van der Waals surface area contributed by atoms with Crippen LogP contribution in [0.25, 0.3) is 88.4 Å². The van der Waals surface area contributed by atoms with Crippen molar-refractivity contribution in [2.75, 3.05) is 0 Å². The molecular weight excluding hydrogens is 605 g/mol. The molecule has 2 heterocycles. The molecule has 0 aliphatic heterocycles. The van der Waals surface area contributed by atoms with Gasteiger partial charge in [-0.3, -0.25) is 0 Å². The van der Waals surface area contributed by atoms with Crippen LogP contribution in [-0.4, -0.2) is 9.13 Å². The lowest BCUT2D eigenvalue weighted by Crippen LogP contribution is -1.95. The highest BCUT2D eigenvalue weighted by Crippen LogP contribution is 2.41. The van der Waals surface area contributed by atoms with Gasteiger partial charge in [0.05, 0.1) is 30.3 Å². The van der Waals surface area contributed by atoms with Crippen LogP contribution in [0, 0.1) is 0 Å². The summed E-state index contributed by atoms with van der Waals surface area (Å²) in [6.07, 6.45) is 0. The van der Waals surface area contributed by atoms with Gasteiger partial charge in [0, 0.05) is 38.5 Å². The van der Waals surface area contributed by atoms with Gasteiger partial charge in [0.2, 0.25) is 0 Å². The van der Waals surface area contributed by atoms with Gasteiger partial charge in [0.25, 0.3) is 0 Å². The maximum absolute atomic E-state index is 9.88. The molecule has 2 heteroatoms. The zero-order valence-corrected chi connectivity index (χ0v) is 26.9. The average Bonchev–Trinajstić information content (AvgIpc) is 3.79. The third-order valence-electron chi connectivity index (χ3n) is 9.54. The summed E-state index contributed by atoms with van der Waals surface area (Å²) < 4.78 is 61.9. The van der Waals surface area contributed by atoms with Crippen LogP contribution in [0.15, 0.2) is 194 Å². The summed E-state index contributed by atoms with van der Waals surface area (Å²) in [4.78, 5) is 0. The molecule has 0 saturated heterocycles. The number of rotatable bonds is 5. The number of hydrogen-bond acceptors (Lipinski definition) is 0. The summed E-state index contributed by atoms with van der Waals surface area (Å²) in [6, 6.07) is 50.5. The van der Waals surface area contributed by atoms with E-state index in [1.54, 1.807) is 0 Å². The number of para-hydroxylation sites is 3. The molecule has 0 atom stereocenters. The highest BCUT2D eigenvalue weighted by atomic mass is 15.0. The molecule has 0 bridgehead atoms. The molecule has 8 aromatic carbocycles. The smallest absolute Gasteiger partial charge is 0.0645 e. The normalized spacial score (nSPS) is 13.3. The van der Waals surface area contributed by atoms with E-state index in [0.29, 0.717) is 21.8 Å². The first-order chi connectivity index (χ1) is 27.3. The summed E-state index contributed by atoms with van der Waals surface area (Å²) in [5.41, 5.74) is 7.92. The van der Waals surface area contributed by atoms with E-state index >= 15 is 0 Å². The first-order valence-electron chi connectivity index (χ1n) is 19.7. The standard InChI is InChI=1S/C48H32N2/c1-4-14-33(15-5-1)35-18-12-21-39(30-35)49-45-25-11-10-22-41(45)43-31-36(26-28-46(43)49)37-27-29-47-44(32-37)42-24-13-23-40(34-16-6-2-7-17-34)48(42)50(47)38-19-8-3-9-20-38/h1-32H/i26D,27D,28D,29D,31D,32D. The largest absolute Gasteiger partial charge is 0.309 e. The van der Waals surface area contributed by atoms with E-state index in [0.717, 1.165) is 55.4 Å². The van der Waals surface area contributed by atoms with Gasteiger partial charge in [-0.1, -0.05) is 139 Å². The van der Waals surface area contributed by atoms with Crippen LogP contribution in [0.1, 0.15) is 8.22 Å². The van der Waals surface area contributed by atoms with Crippen LogP contribution in [0.4, 0.5) is 0 Å². The van der Waals surface area contributed by atoms with Gasteiger partial charge in [-0.05, 0) is 82.3 Å². The minimum Gasteiger partial charge on any atom is -0.309 e. The van der Waals surface area contributed by atoms with Crippen molar-refractivity contribution in [3.05, 3.63) is 194 Å². The van der Waals surface area contributed by atoms with Gasteiger partial charge in [-0.2, -0.15) is 0 Å². The summed E-state index contributed by atoms with van der Waals surface area (Å²) in [5, 5.41) is 2.38. The SMILES string of the molecule is [2H]c1c(-c2c([2H])c([2H])c3c(c2[2H])c2cccc(-c4ccccc4)c2n3-c2ccccc2)c([2H])c2c3ccccc3n(-c3cccc(-c4ccccc4)c3)c2c1[2H]. The molecule has 0 N–H and O–H groups in total. The minimum atomic E-state index is -0.261. The van der Waals surface area contributed by atoms with Crippen LogP contribution in [0.2, 0.25) is 0 Å². The van der Waals surface area contributed by atoms with Gasteiger partial charge in [-0.25, -0.2) is 0 Å². The molecule has 0 spiro atoms.